The molecule has 0 aliphatic heterocycles. The van der Waals surface area contributed by atoms with E-state index in [4.69, 9.17) is 10.4 Å². The molecule has 4 nitrogen and oxygen atoms in total. The molecule has 0 aliphatic carbocycles. The first kappa shape index (κ1) is 13.5. The van der Waals surface area contributed by atoms with E-state index in [9.17, 15) is 13.6 Å². The molecule has 1 heterocycles. The zero-order chi connectivity index (χ0) is 13.0. The van der Waals surface area contributed by atoms with Gasteiger partial charge in [-0.1, -0.05) is 15.9 Å². The van der Waals surface area contributed by atoms with Crippen molar-refractivity contribution in [2.45, 2.75) is 18.2 Å². The van der Waals surface area contributed by atoms with Gasteiger partial charge in [-0.3, -0.25) is 4.79 Å². The summed E-state index contributed by atoms with van der Waals surface area (Å²) >= 11 is 3.02. The number of carboxylic acid groups (broad SMARTS) is 1. The molecule has 0 spiro atoms. The van der Waals surface area contributed by atoms with Gasteiger partial charge < -0.3 is 5.11 Å². The van der Waals surface area contributed by atoms with Crippen LogP contribution in [-0.2, 0) is 16.5 Å². The molecule has 0 amide bonds. The number of carboxylic acids is 1. The summed E-state index contributed by atoms with van der Waals surface area (Å²) in [4.78, 5) is 14.2. The molecule has 0 bridgehead atoms. The maximum Gasteiger partial charge on any atom is 0.307 e. The Hall–Kier alpha value is -1.55. The molecule has 0 radical (unpaired) electrons. The van der Waals surface area contributed by atoms with Gasteiger partial charge in [-0.25, -0.2) is 13.8 Å². The van der Waals surface area contributed by atoms with Crippen molar-refractivity contribution in [2.75, 3.05) is 0 Å². The number of nitriles is 1. The molecule has 0 atom stereocenters. The van der Waals surface area contributed by atoms with Gasteiger partial charge in [-0.15, -0.1) is 0 Å². The smallest absolute Gasteiger partial charge is 0.307 e. The Morgan fingerprint density at radius 3 is 2.65 bits per heavy atom. The van der Waals surface area contributed by atoms with Crippen molar-refractivity contribution in [3.05, 3.63) is 28.6 Å². The van der Waals surface area contributed by atoms with Crippen LogP contribution in [-0.4, -0.2) is 16.1 Å². The lowest BCUT2D eigenvalue weighted by Gasteiger charge is -2.11. The van der Waals surface area contributed by atoms with Crippen molar-refractivity contribution in [3.63, 3.8) is 0 Å². The lowest BCUT2D eigenvalue weighted by Crippen LogP contribution is -2.09. The highest BCUT2D eigenvalue weighted by Crippen LogP contribution is 2.28. The highest BCUT2D eigenvalue weighted by molar-refractivity contribution is 9.08. The molecule has 1 aromatic heterocycles. The standard InChI is InChI=1S/C10H7BrF2N2O2/c11-2-6-5(1-9(16)17)8(3-14)15-4-7(6)10(12)13/h4,10H,1-2H2,(H,16,17). The summed E-state index contributed by atoms with van der Waals surface area (Å²) < 4.78 is 25.4. The van der Waals surface area contributed by atoms with E-state index in [0.717, 1.165) is 6.20 Å². The summed E-state index contributed by atoms with van der Waals surface area (Å²) in [6, 6.07) is 1.70. The minimum atomic E-state index is -2.75. The Morgan fingerprint density at radius 2 is 2.24 bits per heavy atom. The van der Waals surface area contributed by atoms with Crippen LogP contribution in [0.3, 0.4) is 0 Å². The Labute approximate surface area is 104 Å². The molecule has 1 N–H and O–H groups in total. The molecule has 0 saturated carbocycles. The van der Waals surface area contributed by atoms with Crippen LogP contribution in [0.2, 0.25) is 0 Å². The molecule has 0 aromatic carbocycles. The van der Waals surface area contributed by atoms with E-state index in [1.165, 1.54) is 0 Å². The number of hydrogen-bond acceptors (Lipinski definition) is 3. The molecule has 0 unspecified atom stereocenters. The molecule has 1 rings (SSSR count). The highest BCUT2D eigenvalue weighted by Gasteiger charge is 2.21. The fourth-order valence-electron chi connectivity index (χ4n) is 1.39. The van der Waals surface area contributed by atoms with Crippen LogP contribution in [0, 0.1) is 11.3 Å². The molecular formula is C10H7BrF2N2O2. The summed E-state index contributed by atoms with van der Waals surface area (Å²) in [7, 11) is 0. The average molecular weight is 305 g/mol. The van der Waals surface area contributed by atoms with Gasteiger partial charge in [0.1, 0.15) is 11.8 Å². The topological polar surface area (TPSA) is 74.0 Å². The lowest BCUT2D eigenvalue weighted by molar-refractivity contribution is -0.136. The fraction of sp³-hybridized carbons (Fsp3) is 0.300. The van der Waals surface area contributed by atoms with Crippen LogP contribution >= 0.6 is 15.9 Å². The van der Waals surface area contributed by atoms with E-state index in [2.05, 4.69) is 20.9 Å². The fourth-order valence-corrected chi connectivity index (χ4v) is 2.05. The number of pyridine rings is 1. The van der Waals surface area contributed by atoms with Crippen molar-refractivity contribution < 1.29 is 18.7 Å². The van der Waals surface area contributed by atoms with Crippen molar-refractivity contribution in [1.29, 1.82) is 5.26 Å². The van der Waals surface area contributed by atoms with Gasteiger partial charge in [-0.05, 0) is 5.56 Å². The molecular weight excluding hydrogens is 298 g/mol. The first-order valence-electron chi connectivity index (χ1n) is 4.47. The summed E-state index contributed by atoms with van der Waals surface area (Å²) in [5.41, 5.74) is -0.327. The molecule has 7 heteroatoms. The number of rotatable bonds is 4. The van der Waals surface area contributed by atoms with E-state index < -0.39 is 18.8 Å². The third-order valence-corrected chi connectivity index (χ3v) is 2.69. The second-order valence-electron chi connectivity index (χ2n) is 3.14. The second kappa shape index (κ2) is 5.68. The van der Waals surface area contributed by atoms with E-state index >= 15 is 0 Å². The van der Waals surface area contributed by atoms with Crippen LogP contribution in [0.4, 0.5) is 8.78 Å². The maximum absolute atomic E-state index is 12.7. The highest BCUT2D eigenvalue weighted by atomic mass is 79.9. The zero-order valence-electron chi connectivity index (χ0n) is 8.45. The summed E-state index contributed by atoms with van der Waals surface area (Å²) in [5.74, 6) is -1.20. The Balaban J connectivity index is 3.44. The second-order valence-corrected chi connectivity index (χ2v) is 3.70. The van der Waals surface area contributed by atoms with E-state index in [1.54, 1.807) is 6.07 Å². The monoisotopic (exact) mass is 304 g/mol. The number of aliphatic carboxylic acids is 1. The zero-order valence-corrected chi connectivity index (χ0v) is 10.0. The van der Waals surface area contributed by atoms with Crippen molar-refractivity contribution in [3.8, 4) is 6.07 Å². The number of nitrogens with zero attached hydrogens (tertiary/aromatic N) is 2. The van der Waals surface area contributed by atoms with Crippen LogP contribution < -0.4 is 0 Å². The minimum Gasteiger partial charge on any atom is -0.481 e. The molecule has 1 aromatic rings. The predicted molar refractivity (Wildman–Crippen MR) is 57.9 cm³/mol. The molecule has 0 aliphatic rings. The summed E-state index contributed by atoms with van der Waals surface area (Å²) in [6.07, 6.45) is -2.35. The quantitative estimate of drug-likeness (QED) is 0.867. The number of halogens is 3. The lowest BCUT2D eigenvalue weighted by atomic mass is 10.0. The largest absolute Gasteiger partial charge is 0.481 e. The predicted octanol–water partition coefficient (Wildman–Crippen LogP) is 2.41. The first-order chi connectivity index (χ1) is 8.01. The van der Waals surface area contributed by atoms with E-state index in [0.29, 0.717) is 0 Å². The van der Waals surface area contributed by atoms with Gasteiger partial charge in [0.15, 0.2) is 0 Å². The number of carbonyl (C=O) groups is 1. The van der Waals surface area contributed by atoms with E-state index in [1.807, 2.05) is 0 Å². The van der Waals surface area contributed by atoms with Crippen LogP contribution in [0.1, 0.15) is 28.8 Å². The van der Waals surface area contributed by atoms with Gasteiger partial charge in [0.25, 0.3) is 6.43 Å². The Kier molecular flexibility index (Phi) is 4.52. The van der Waals surface area contributed by atoms with Crippen molar-refractivity contribution in [1.82, 2.24) is 4.98 Å². The SMILES string of the molecule is N#Cc1ncc(C(F)F)c(CBr)c1CC(=O)O. The van der Waals surface area contributed by atoms with Gasteiger partial charge in [0, 0.05) is 22.7 Å². The van der Waals surface area contributed by atoms with Gasteiger partial charge in [-0.2, -0.15) is 5.26 Å². The normalized spacial score (nSPS) is 10.3. The Bertz CT molecular complexity index is 486. The van der Waals surface area contributed by atoms with Crippen molar-refractivity contribution in [2.24, 2.45) is 0 Å². The molecule has 0 fully saturated rings. The van der Waals surface area contributed by atoms with Crippen LogP contribution in [0.15, 0.2) is 6.20 Å². The van der Waals surface area contributed by atoms with Crippen molar-refractivity contribution >= 4 is 21.9 Å². The summed E-state index contributed by atoms with van der Waals surface area (Å²) in [6.45, 7) is 0. The molecule has 17 heavy (non-hydrogen) atoms. The third kappa shape index (κ3) is 2.97. The van der Waals surface area contributed by atoms with E-state index in [-0.39, 0.29) is 27.7 Å². The summed E-state index contributed by atoms with van der Waals surface area (Å²) in [5, 5.41) is 17.5. The average Bonchev–Trinajstić information content (AvgIpc) is 2.27. The first-order valence-corrected chi connectivity index (χ1v) is 5.60. The third-order valence-electron chi connectivity index (χ3n) is 2.13. The minimum absolute atomic E-state index is 0.0367. The van der Waals surface area contributed by atoms with Gasteiger partial charge in [0.2, 0.25) is 0 Å². The number of aromatic nitrogens is 1. The number of hydrogen-bond donors (Lipinski definition) is 1. The van der Waals surface area contributed by atoms with Crippen LogP contribution in [0.25, 0.3) is 0 Å². The van der Waals surface area contributed by atoms with Gasteiger partial charge in [0.05, 0.1) is 6.42 Å². The van der Waals surface area contributed by atoms with Gasteiger partial charge >= 0.3 is 5.97 Å². The number of alkyl halides is 3. The molecule has 90 valence electrons. The van der Waals surface area contributed by atoms with Crippen LogP contribution in [0.5, 0.6) is 0 Å². The Morgan fingerprint density at radius 1 is 1.59 bits per heavy atom. The molecule has 0 saturated heterocycles. The maximum atomic E-state index is 12.7.